The van der Waals surface area contributed by atoms with Crippen molar-refractivity contribution in [3.63, 3.8) is 0 Å². The van der Waals surface area contributed by atoms with E-state index in [4.69, 9.17) is 9.90 Å². The average molecular weight is 395 g/mol. The second-order valence-corrected chi connectivity index (χ2v) is 8.26. The van der Waals surface area contributed by atoms with Gasteiger partial charge in [0.1, 0.15) is 5.82 Å². The standard InChI is InChI=1S/C13H19N3O2S.C2HF3O2/c1-19(17,18)16-8-7-15(9-11-4-5-11)13-12(10-16)3-2-6-14-13;3-2(4,5)1(6)7/h2-3,6,11H,4-5,7-10H2,1H3;(H,6,7). The fourth-order valence-electron chi connectivity index (χ4n) is 2.52. The zero-order valence-corrected chi connectivity index (χ0v) is 14.9. The van der Waals surface area contributed by atoms with Crippen LogP contribution < -0.4 is 4.90 Å². The molecule has 2 heterocycles. The molecule has 7 nitrogen and oxygen atoms in total. The van der Waals surface area contributed by atoms with E-state index in [1.807, 2.05) is 12.1 Å². The molecule has 1 aromatic rings. The molecule has 0 aromatic carbocycles. The van der Waals surface area contributed by atoms with Crippen molar-refractivity contribution in [2.24, 2.45) is 5.92 Å². The van der Waals surface area contributed by atoms with Gasteiger partial charge < -0.3 is 10.0 Å². The molecule has 0 bridgehead atoms. The Morgan fingerprint density at radius 3 is 2.46 bits per heavy atom. The summed E-state index contributed by atoms with van der Waals surface area (Å²) in [4.78, 5) is 15.6. The van der Waals surface area contributed by atoms with Crippen LogP contribution in [0.5, 0.6) is 0 Å². The van der Waals surface area contributed by atoms with Gasteiger partial charge in [-0.25, -0.2) is 18.2 Å². The van der Waals surface area contributed by atoms with Gasteiger partial charge in [-0.3, -0.25) is 0 Å². The van der Waals surface area contributed by atoms with Crippen LogP contribution in [0.4, 0.5) is 19.0 Å². The van der Waals surface area contributed by atoms with Gasteiger partial charge in [0.05, 0.1) is 6.26 Å². The lowest BCUT2D eigenvalue weighted by atomic mass is 10.2. The topological polar surface area (TPSA) is 90.8 Å². The van der Waals surface area contributed by atoms with Crippen LogP contribution in [0.25, 0.3) is 0 Å². The lowest BCUT2D eigenvalue weighted by molar-refractivity contribution is -0.192. The lowest BCUT2D eigenvalue weighted by Crippen LogP contribution is -2.35. The molecule has 0 spiro atoms. The third kappa shape index (κ3) is 5.84. The number of anilines is 1. The first-order valence-electron chi connectivity index (χ1n) is 7.92. The third-order valence-electron chi connectivity index (χ3n) is 4.02. The Balaban J connectivity index is 0.000000298. The molecule has 1 aliphatic carbocycles. The summed E-state index contributed by atoms with van der Waals surface area (Å²) in [6.45, 7) is 2.71. The highest BCUT2D eigenvalue weighted by molar-refractivity contribution is 7.88. The highest BCUT2D eigenvalue weighted by Gasteiger charge is 2.38. The van der Waals surface area contributed by atoms with Gasteiger partial charge in [-0.15, -0.1) is 0 Å². The second kappa shape index (κ2) is 7.78. The minimum absolute atomic E-state index is 0.434. The Bertz CT molecular complexity index is 751. The summed E-state index contributed by atoms with van der Waals surface area (Å²) >= 11 is 0. The summed E-state index contributed by atoms with van der Waals surface area (Å²) in [6, 6.07) is 3.85. The van der Waals surface area contributed by atoms with E-state index in [1.54, 1.807) is 10.5 Å². The second-order valence-electron chi connectivity index (χ2n) is 6.27. The molecule has 0 amide bonds. The maximum atomic E-state index is 11.8. The van der Waals surface area contributed by atoms with Gasteiger partial charge in [0.25, 0.3) is 0 Å². The van der Waals surface area contributed by atoms with Crippen LogP contribution in [-0.4, -0.2) is 60.8 Å². The zero-order chi connectivity index (χ0) is 19.5. The lowest BCUT2D eigenvalue weighted by Gasteiger charge is -2.23. The van der Waals surface area contributed by atoms with Crippen LogP contribution in [0, 0.1) is 5.92 Å². The number of alkyl halides is 3. The van der Waals surface area contributed by atoms with Crippen molar-refractivity contribution < 1.29 is 31.5 Å². The van der Waals surface area contributed by atoms with E-state index >= 15 is 0 Å². The molecule has 1 aliphatic heterocycles. The predicted molar refractivity (Wildman–Crippen MR) is 88.1 cm³/mol. The van der Waals surface area contributed by atoms with Crippen LogP contribution in [-0.2, 0) is 21.4 Å². The first-order chi connectivity index (χ1) is 12.0. The molecule has 0 atom stereocenters. The maximum Gasteiger partial charge on any atom is 0.490 e. The summed E-state index contributed by atoms with van der Waals surface area (Å²) in [7, 11) is -3.15. The number of carboxylic acids is 1. The summed E-state index contributed by atoms with van der Waals surface area (Å²) in [5, 5.41) is 7.12. The van der Waals surface area contributed by atoms with Crippen LogP contribution in [0.3, 0.4) is 0 Å². The van der Waals surface area contributed by atoms with Gasteiger partial charge in [-0.1, -0.05) is 6.07 Å². The van der Waals surface area contributed by atoms with Crippen molar-refractivity contribution in [1.29, 1.82) is 0 Å². The van der Waals surface area contributed by atoms with Gasteiger partial charge in [-0.2, -0.15) is 17.5 Å². The molecular formula is C15H20F3N3O4S. The SMILES string of the molecule is CS(=O)(=O)N1CCN(CC2CC2)c2ncccc2C1.O=C(O)C(F)(F)F. The van der Waals surface area contributed by atoms with E-state index in [9.17, 15) is 21.6 Å². The average Bonchev–Trinajstić information content (AvgIpc) is 3.34. The van der Waals surface area contributed by atoms with E-state index in [-0.39, 0.29) is 0 Å². The number of hydrogen-bond acceptors (Lipinski definition) is 5. The van der Waals surface area contributed by atoms with E-state index in [0.717, 1.165) is 30.4 Å². The highest BCUT2D eigenvalue weighted by Crippen LogP contribution is 2.33. The molecule has 0 saturated heterocycles. The van der Waals surface area contributed by atoms with E-state index < -0.39 is 22.2 Å². The first-order valence-corrected chi connectivity index (χ1v) is 9.77. The Kier molecular flexibility index (Phi) is 6.12. The van der Waals surface area contributed by atoms with Crippen LogP contribution in [0.2, 0.25) is 0 Å². The summed E-state index contributed by atoms with van der Waals surface area (Å²) in [5.74, 6) is -1.03. The maximum absolute atomic E-state index is 11.8. The van der Waals surface area contributed by atoms with E-state index in [2.05, 4.69) is 9.88 Å². The largest absolute Gasteiger partial charge is 0.490 e. The molecular weight excluding hydrogens is 375 g/mol. The summed E-state index contributed by atoms with van der Waals surface area (Å²) in [6.07, 6.45) is 0.553. The molecule has 0 unspecified atom stereocenters. The molecule has 11 heteroatoms. The van der Waals surface area contributed by atoms with Crippen molar-refractivity contribution >= 4 is 21.8 Å². The number of hydrogen-bond donors (Lipinski definition) is 1. The quantitative estimate of drug-likeness (QED) is 0.838. The molecule has 0 radical (unpaired) electrons. The van der Waals surface area contributed by atoms with E-state index in [1.165, 1.54) is 19.1 Å². The van der Waals surface area contributed by atoms with Crippen LogP contribution in [0.1, 0.15) is 18.4 Å². The number of fused-ring (bicyclic) bond motifs is 1. The molecule has 146 valence electrons. The number of pyridine rings is 1. The van der Waals surface area contributed by atoms with Gasteiger partial charge in [0, 0.05) is 37.9 Å². The minimum atomic E-state index is -5.08. The van der Waals surface area contributed by atoms with Gasteiger partial charge >= 0.3 is 12.1 Å². The molecule has 3 rings (SSSR count). The molecule has 2 aliphatic rings. The van der Waals surface area contributed by atoms with E-state index in [0.29, 0.717) is 13.1 Å². The number of carbonyl (C=O) groups is 1. The smallest absolute Gasteiger partial charge is 0.475 e. The predicted octanol–water partition coefficient (Wildman–Crippen LogP) is 1.71. The van der Waals surface area contributed by atoms with Crippen molar-refractivity contribution in [3.05, 3.63) is 23.9 Å². The Morgan fingerprint density at radius 2 is 1.96 bits per heavy atom. The molecule has 1 N–H and O–H groups in total. The van der Waals surface area contributed by atoms with Crippen LogP contribution >= 0.6 is 0 Å². The van der Waals surface area contributed by atoms with Crippen molar-refractivity contribution in [3.8, 4) is 0 Å². The molecule has 1 saturated carbocycles. The fourth-order valence-corrected chi connectivity index (χ4v) is 3.31. The van der Waals surface area contributed by atoms with Gasteiger partial charge in [0.15, 0.2) is 0 Å². The Labute approximate surface area is 149 Å². The molecule has 26 heavy (non-hydrogen) atoms. The normalized spacial score (nSPS) is 18.4. The van der Waals surface area contributed by atoms with Crippen molar-refractivity contribution in [2.75, 3.05) is 30.8 Å². The fraction of sp³-hybridized carbons (Fsp3) is 0.600. The van der Waals surface area contributed by atoms with Gasteiger partial charge in [0.2, 0.25) is 10.0 Å². The summed E-state index contributed by atoms with van der Waals surface area (Å²) < 4.78 is 56.8. The van der Waals surface area contributed by atoms with Crippen LogP contribution in [0.15, 0.2) is 18.3 Å². The highest BCUT2D eigenvalue weighted by atomic mass is 32.2. The summed E-state index contributed by atoms with van der Waals surface area (Å²) in [5.41, 5.74) is 1.01. The third-order valence-corrected chi connectivity index (χ3v) is 5.27. The number of carboxylic acid groups (broad SMARTS) is 1. The Hall–Kier alpha value is -1.88. The number of nitrogens with zero attached hydrogens (tertiary/aromatic N) is 3. The zero-order valence-electron chi connectivity index (χ0n) is 14.1. The number of halogens is 3. The minimum Gasteiger partial charge on any atom is -0.475 e. The first kappa shape index (κ1) is 20.4. The molecule has 1 aromatic heterocycles. The monoisotopic (exact) mass is 395 g/mol. The number of sulfonamides is 1. The number of aromatic nitrogens is 1. The van der Waals surface area contributed by atoms with Crippen molar-refractivity contribution in [1.82, 2.24) is 9.29 Å². The number of rotatable bonds is 3. The number of aliphatic carboxylic acids is 1. The Morgan fingerprint density at radius 1 is 1.35 bits per heavy atom. The molecule has 1 fully saturated rings. The van der Waals surface area contributed by atoms with Crippen molar-refractivity contribution in [2.45, 2.75) is 25.6 Å². The van der Waals surface area contributed by atoms with Gasteiger partial charge in [-0.05, 0) is 24.8 Å².